The van der Waals surface area contributed by atoms with E-state index in [0.717, 1.165) is 55.7 Å². The Bertz CT molecular complexity index is 3280. The summed E-state index contributed by atoms with van der Waals surface area (Å²) in [6, 6.07) is 80.8. The van der Waals surface area contributed by atoms with E-state index in [2.05, 4.69) is 217 Å². The molecule has 2 nitrogen and oxygen atoms in total. The topological polar surface area (TPSA) is 16.4 Å². The number of para-hydroxylation sites is 2. The van der Waals surface area contributed by atoms with E-state index in [0.29, 0.717) is 0 Å². The fourth-order valence-corrected chi connectivity index (χ4v) is 8.55. The Morgan fingerprint density at radius 1 is 0.276 bits per heavy atom. The molecule has 0 saturated heterocycles. The summed E-state index contributed by atoms with van der Waals surface area (Å²) in [5.74, 6) is 0. The second-order valence-corrected chi connectivity index (χ2v) is 14.9. The average Bonchev–Trinajstić information content (AvgIpc) is 3.67. The lowest BCUT2D eigenvalue weighted by Gasteiger charge is -2.28. The van der Waals surface area contributed by atoms with Crippen molar-refractivity contribution < 1.29 is 4.42 Å². The molecular formula is C56H37NO. The predicted molar refractivity (Wildman–Crippen MR) is 245 cm³/mol. The van der Waals surface area contributed by atoms with Crippen LogP contribution in [0, 0.1) is 0 Å². The van der Waals surface area contributed by atoms with Crippen molar-refractivity contribution in [1.29, 1.82) is 0 Å². The number of hydrogen-bond donors (Lipinski definition) is 0. The normalized spacial score (nSPS) is 11.4. The van der Waals surface area contributed by atoms with Crippen LogP contribution in [0.2, 0.25) is 0 Å². The molecule has 0 amide bonds. The zero-order valence-electron chi connectivity index (χ0n) is 31.7. The van der Waals surface area contributed by atoms with E-state index in [9.17, 15) is 0 Å². The van der Waals surface area contributed by atoms with Gasteiger partial charge in [0, 0.05) is 27.7 Å². The molecule has 0 N–H and O–H groups in total. The summed E-state index contributed by atoms with van der Waals surface area (Å²) in [6.45, 7) is 0. The van der Waals surface area contributed by atoms with Crippen LogP contribution in [0.15, 0.2) is 229 Å². The molecule has 2 heteroatoms. The van der Waals surface area contributed by atoms with Crippen molar-refractivity contribution in [2.45, 2.75) is 0 Å². The molecule has 0 saturated carbocycles. The van der Waals surface area contributed by atoms with Gasteiger partial charge in [0.15, 0.2) is 0 Å². The summed E-state index contributed by atoms with van der Waals surface area (Å²) in [6.07, 6.45) is 0. The molecule has 0 spiro atoms. The van der Waals surface area contributed by atoms with Crippen molar-refractivity contribution >= 4 is 60.5 Å². The Kier molecular flexibility index (Phi) is 8.19. The standard InChI is InChI=1S/C56H37NO/c1-2-13-43-35-45(28-27-38(43)11-1)40-25-23-39(24-26-40)44-15-9-16-48(36-44)57(47-32-29-42(30-33-47)50-20-10-14-41-12-3-4-17-49(41)50)54-21-7-5-18-51(54)46-31-34-56-53(37-46)52-19-6-8-22-55(52)58-56/h1-37H. The molecule has 0 aliphatic heterocycles. The zero-order valence-corrected chi connectivity index (χ0v) is 31.7. The lowest BCUT2D eigenvalue weighted by molar-refractivity contribution is 0.669. The van der Waals surface area contributed by atoms with Gasteiger partial charge in [0.1, 0.15) is 11.2 Å². The summed E-state index contributed by atoms with van der Waals surface area (Å²) in [4.78, 5) is 2.40. The molecule has 0 aliphatic rings. The van der Waals surface area contributed by atoms with E-state index < -0.39 is 0 Å². The second kappa shape index (κ2) is 14.1. The Morgan fingerprint density at radius 2 is 0.862 bits per heavy atom. The Morgan fingerprint density at radius 3 is 1.71 bits per heavy atom. The molecule has 1 heterocycles. The maximum atomic E-state index is 6.23. The number of anilines is 3. The first-order chi connectivity index (χ1) is 28.7. The van der Waals surface area contributed by atoms with Gasteiger partial charge in [0.2, 0.25) is 0 Å². The van der Waals surface area contributed by atoms with E-state index in [-0.39, 0.29) is 0 Å². The van der Waals surface area contributed by atoms with Crippen LogP contribution < -0.4 is 4.90 Å². The van der Waals surface area contributed by atoms with Crippen molar-refractivity contribution in [3.8, 4) is 44.5 Å². The number of nitrogens with zero attached hydrogens (tertiary/aromatic N) is 1. The monoisotopic (exact) mass is 739 g/mol. The molecule has 0 atom stereocenters. The summed E-state index contributed by atoms with van der Waals surface area (Å²) in [7, 11) is 0. The van der Waals surface area contributed by atoms with Gasteiger partial charge in [0.25, 0.3) is 0 Å². The van der Waals surface area contributed by atoms with Crippen LogP contribution in [-0.2, 0) is 0 Å². The van der Waals surface area contributed by atoms with E-state index in [1.165, 1.54) is 49.4 Å². The Labute approximate surface area is 337 Å². The van der Waals surface area contributed by atoms with Crippen LogP contribution in [-0.4, -0.2) is 0 Å². The van der Waals surface area contributed by atoms with Gasteiger partial charge in [-0.05, 0) is 115 Å². The fourth-order valence-electron chi connectivity index (χ4n) is 8.55. The second-order valence-electron chi connectivity index (χ2n) is 14.9. The minimum Gasteiger partial charge on any atom is -0.456 e. The summed E-state index contributed by atoms with van der Waals surface area (Å²) in [5, 5.41) is 7.23. The zero-order chi connectivity index (χ0) is 38.4. The van der Waals surface area contributed by atoms with E-state index in [1.54, 1.807) is 0 Å². The molecule has 272 valence electrons. The highest BCUT2D eigenvalue weighted by molar-refractivity contribution is 6.07. The molecule has 0 fully saturated rings. The first kappa shape index (κ1) is 33.6. The maximum absolute atomic E-state index is 6.23. The summed E-state index contributed by atoms with van der Waals surface area (Å²) < 4.78 is 6.23. The third-order valence-corrected chi connectivity index (χ3v) is 11.5. The lowest BCUT2D eigenvalue weighted by atomic mass is 9.96. The van der Waals surface area contributed by atoms with Gasteiger partial charge >= 0.3 is 0 Å². The number of fused-ring (bicyclic) bond motifs is 5. The van der Waals surface area contributed by atoms with Gasteiger partial charge < -0.3 is 9.32 Å². The molecule has 0 unspecified atom stereocenters. The Balaban J connectivity index is 1.03. The van der Waals surface area contributed by atoms with Crippen LogP contribution >= 0.6 is 0 Å². The molecule has 11 rings (SSSR count). The highest BCUT2D eigenvalue weighted by atomic mass is 16.3. The summed E-state index contributed by atoms with van der Waals surface area (Å²) >= 11 is 0. The van der Waals surface area contributed by atoms with Gasteiger partial charge in [-0.15, -0.1) is 0 Å². The predicted octanol–water partition coefficient (Wildman–Crippen LogP) is 16.0. The van der Waals surface area contributed by atoms with E-state index in [4.69, 9.17) is 4.42 Å². The van der Waals surface area contributed by atoms with Crippen LogP contribution in [0.5, 0.6) is 0 Å². The molecule has 58 heavy (non-hydrogen) atoms. The highest BCUT2D eigenvalue weighted by Crippen LogP contribution is 2.44. The Hall–Kier alpha value is -7.68. The van der Waals surface area contributed by atoms with Crippen LogP contribution in [0.1, 0.15) is 0 Å². The number of furan rings is 1. The molecular weight excluding hydrogens is 703 g/mol. The van der Waals surface area contributed by atoms with Crippen molar-refractivity contribution in [1.82, 2.24) is 0 Å². The summed E-state index contributed by atoms with van der Waals surface area (Å²) in [5.41, 5.74) is 14.5. The number of benzene rings is 10. The van der Waals surface area contributed by atoms with Crippen molar-refractivity contribution in [3.63, 3.8) is 0 Å². The van der Waals surface area contributed by atoms with Gasteiger partial charge in [-0.3, -0.25) is 0 Å². The third-order valence-electron chi connectivity index (χ3n) is 11.5. The van der Waals surface area contributed by atoms with Crippen molar-refractivity contribution in [2.24, 2.45) is 0 Å². The number of hydrogen-bond acceptors (Lipinski definition) is 2. The number of rotatable bonds is 7. The van der Waals surface area contributed by atoms with Gasteiger partial charge in [-0.2, -0.15) is 0 Å². The molecule has 0 aliphatic carbocycles. The quantitative estimate of drug-likeness (QED) is 0.162. The van der Waals surface area contributed by atoms with Crippen LogP contribution in [0.3, 0.4) is 0 Å². The molecule has 0 radical (unpaired) electrons. The molecule has 1 aromatic heterocycles. The molecule has 11 aromatic rings. The van der Waals surface area contributed by atoms with Gasteiger partial charge in [-0.1, -0.05) is 170 Å². The van der Waals surface area contributed by atoms with Crippen molar-refractivity contribution in [2.75, 3.05) is 4.90 Å². The fraction of sp³-hybridized carbons (Fsp3) is 0. The van der Waals surface area contributed by atoms with Crippen LogP contribution in [0.25, 0.3) is 88.0 Å². The lowest BCUT2D eigenvalue weighted by Crippen LogP contribution is -2.11. The SMILES string of the molecule is c1cc(-c2ccc(-c3ccc4ccccc4c3)cc2)cc(N(c2ccc(-c3cccc4ccccc34)cc2)c2ccccc2-c2ccc3oc4ccccc4c3c2)c1. The first-order valence-electron chi connectivity index (χ1n) is 19.8. The molecule has 10 aromatic carbocycles. The van der Waals surface area contributed by atoms with Gasteiger partial charge in [-0.25, -0.2) is 0 Å². The smallest absolute Gasteiger partial charge is 0.135 e. The van der Waals surface area contributed by atoms with E-state index >= 15 is 0 Å². The van der Waals surface area contributed by atoms with Crippen LogP contribution in [0.4, 0.5) is 17.1 Å². The highest BCUT2D eigenvalue weighted by Gasteiger charge is 2.19. The largest absolute Gasteiger partial charge is 0.456 e. The van der Waals surface area contributed by atoms with Crippen molar-refractivity contribution in [3.05, 3.63) is 224 Å². The van der Waals surface area contributed by atoms with Gasteiger partial charge in [0.05, 0.1) is 5.69 Å². The molecule has 0 bridgehead atoms. The third kappa shape index (κ3) is 6.00. The van der Waals surface area contributed by atoms with E-state index in [1.807, 2.05) is 12.1 Å². The minimum atomic E-state index is 0.891. The minimum absolute atomic E-state index is 0.891. The average molecular weight is 740 g/mol. The maximum Gasteiger partial charge on any atom is 0.135 e. The first-order valence-corrected chi connectivity index (χ1v) is 19.8.